The Bertz CT molecular complexity index is 1230. The summed E-state index contributed by atoms with van der Waals surface area (Å²) < 4.78 is 63.5. The van der Waals surface area contributed by atoms with E-state index in [0.29, 0.717) is 30.6 Å². The van der Waals surface area contributed by atoms with Crippen molar-refractivity contribution < 1.29 is 31.2 Å². The Morgan fingerprint density at radius 2 is 1.86 bits per heavy atom. The number of likely N-dealkylation sites (tertiary alicyclic amines) is 1. The molecular weight excluding hydrogens is 495 g/mol. The lowest BCUT2D eigenvalue weighted by molar-refractivity contribution is -0.137. The summed E-state index contributed by atoms with van der Waals surface area (Å²) >= 11 is 0. The smallest absolute Gasteiger partial charge is 0.352 e. The van der Waals surface area contributed by atoms with Crippen molar-refractivity contribution in [2.75, 3.05) is 19.6 Å². The van der Waals surface area contributed by atoms with Crippen molar-refractivity contribution >= 4 is 21.8 Å². The highest BCUT2D eigenvalue weighted by atomic mass is 32.2. The predicted molar refractivity (Wildman–Crippen MR) is 129 cm³/mol. The van der Waals surface area contributed by atoms with Gasteiger partial charge in [-0.25, -0.2) is 13.1 Å². The zero-order valence-electron chi connectivity index (χ0n) is 19.8. The Balaban J connectivity index is 1.52. The van der Waals surface area contributed by atoms with E-state index in [2.05, 4.69) is 16.6 Å². The number of sulfonamides is 1. The average Bonchev–Trinajstić information content (AvgIpc) is 3.31. The van der Waals surface area contributed by atoms with Crippen LogP contribution in [0.5, 0.6) is 0 Å². The highest BCUT2D eigenvalue weighted by Crippen LogP contribution is 2.29. The van der Waals surface area contributed by atoms with Crippen molar-refractivity contribution in [3.8, 4) is 0 Å². The molecule has 2 N–H and O–H groups in total. The second kappa shape index (κ2) is 11.3. The molecule has 0 spiro atoms. The van der Waals surface area contributed by atoms with Gasteiger partial charge in [0.25, 0.3) is 5.91 Å². The fourth-order valence-electron chi connectivity index (χ4n) is 3.93. The van der Waals surface area contributed by atoms with Crippen LogP contribution in [0.3, 0.4) is 0 Å². The first-order valence-electron chi connectivity index (χ1n) is 11.3. The summed E-state index contributed by atoms with van der Waals surface area (Å²) in [5.74, 6) is -0.440. The molecule has 2 aromatic carbocycles. The Hall–Kier alpha value is -3.18. The van der Waals surface area contributed by atoms with Gasteiger partial charge in [0, 0.05) is 37.2 Å². The van der Waals surface area contributed by atoms with Gasteiger partial charge in [0.2, 0.25) is 15.9 Å². The summed E-state index contributed by atoms with van der Waals surface area (Å²) in [4.78, 5) is 26.9. The maximum atomic E-state index is 12.9. The fourth-order valence-corrected chi connectivity index (χ4v) is 4.52. The van der Waals surface area contributed by atoms with Gasteiger partial charge in [-0.2, -0.15) is 13.2 Å². The molecule has 2 amide bonds. The van der Waals surface area contributed by atoms with Crippen LogP contribution in [0.15, 0.2) is 54.5 Å². The number of rotatable bonds is 9. The Morgan fingerprint density at radius 1 is 1.17 bits per heavy atom. The van der Waals surface area contributed by atoms with Gasteiger partial charge in [-0.3, -0.25) is 9.59 Å². The third kappa shape index (κ3) is 7.41. The van der Waals surface area contributed by atoms with Gasteiger partial charge in [0.05, 0.1) is 12.0 Å². The summed E-state index contributed by atoms with van der Waals surface area (Å²) in [6, 6.07) is 9.69. The topological polar surface area (TPSA) is 95.6 Å². The number of amides is 2. The second-order valence-electron chi connectivity index (χ2n) is 8.76. The number of hydrogen-bond donors (Lipinski definition) is 2. The van der Waals surface area contributed by atoms with Gasteiger partial charge < -0.3 is 10.2 Å². The van der Waals surface area contributed by atoms with Gasteiger partial charge in [0.15, 0.2) is 0 Å². The number of benzene rings is 2. The van der Waals surface area contributed by atoms with Crippen LogP contribution in [0, 0.1) is 12.8 Å². The number of carbonyl (C=O) groups excluding carboxylic acids is 2. The molecule has 0 radical (unpaired) electrons. The van der Waals surface area contributed by atoms with Crippen molar-refractivity contribution in [1.82, 2.24) is 14.9 Å². The summed E-state index contributed by atoms with van der Waals surface area (Å²) in [5, 5.41) is 3.55. The van der Waals surface area contributed by atoms with E-state index in [1.807, 2.05) is 0 Å². The molecule has 194 valence electrons. The molecule has 11 heteroatoms. The summed E-state index contributed by atoms with van der Waals surface area (Å²) in [7, 11) is -3.51. The molecule has 1 unspecified atom stereocenters. The van der Waals surface area contributed by atoms with Gasteiger partial charge in [-0.1, -0.05) is 24.8 Å². The zero-order chi connectivity index (χ0) is 26.5. The van der Waals surface area contributed by atoms with Gasteiger partial charge in [0.1, 0.15) is 0 Å². The van der Waals surface area contributed by atoms with E-state index in [0.717, 1.165) is 28.7 Å². The number of alkyl halides is 3. The maximum Gasteiger partial charge on any atom is 0.416 e. The fraction of sp³-hybridized carbons (Fsp3) is 0.360. The highest BCUT2D eigenvalue weighted by molar-refractivity contribution is 7.92. The molecule has 1 fully saturated rings. The number of aryl methyl sites for hydroxylation is 1. The average molecular weight is 524 g/mol. The van der Waals surface area contributed by atoms with Crippen LogP contribution in [0.25, 0.3) is 0 Å². The summed E-state index contributed by atoms with van der Waals surface area (Å²) in [6.07, 6.45) is -3.66. The van der Waals surface area contributed by atoms with Gasteiger partial charge >= 0.3 is 6.18 Å². The van der Waals surface area contributed by atoms with Crippen molar-refractivity contribution in [3.63, 3.8) is 0 Å². The lowest BCUT2D eigenvalue weighted by Crippen LogP contribution is -2.32. The standard InChI is InChI=1S/C25H28F3N3O4S/c1-3-36(34,35)30-15-19-10-11-31(16-19)24(33)21-7-6-20(17(2)12-21)13-23(32)29-14-18-4-8-22(9-5-18)25(26,27)28/h3-9,12,19,30H,1,10-11,13-16H2,2H3,(H,29,32). The minimum absolute atomic E-state index is 0.0115. The first-order valence-corrected chi connectivity index (χ1v) is 12.9. The van der Waals surface area contributed by atoms with Crippen LogP contribution in [0.1, 0.15) is 39.0 Å². The molecule has 0 saturated carbocycles. The number of carbonyl (C=O) groups is 2. The van der Waals surface area contributed by atoms with E-state index in [4.69, 9.17) is 0 Å². The van der Waals surface area contributed by atoms with E-state index in [1.165, 1.54) is 12.1 Å². The van der Waals surface area contributed by atoms with E-state index in [9.17, 15) is 31.2 Å². The largest absolute Gasteiger partial charge is 0.416 e. The minimum atomic E-state index is -4.41. The molecule has 36 heavy (non-hydrogen) atoms. The molecule has 1 atom stereocenters. The summed E-state index contributed by atoms with van der Waals surface area (Å²) in [5.41, 5.74) is 1.78. The van der Waals surface area contributed by atoms with Gasteiger partial charge in [-0.05, 0) is 60.2 Å². The molecule has 0 bridgehead atoms. The molecule has 1 heterocycles. The van der Waals surface area contributed by atoms with Crippen LogP contribution < -0.4 is 10.0 Å². The van der Waals surface area contributed by atoms with Crippen molar-refractivity contribution in [2.24, 2.45) is 5.92 Å². The number of halogens is 3. The minimum Gasteiger partial charge on any atom is -0.352 e. The molecule has 1 saturated heterocycles. The molecule has 2 aromatic rings. The van der Waals surface area contributed by atoms with E-state index in [-0.39, 0.29) is 37.2 Å². The Labute approximate surface area is 208 Å². The molecule has 0 aromatic heterocycles. The highest BCUT2D eigenvalue weighted by Gasteiger charge is 2.30. The molecular formula is C25H28F3N3O4S. The van der Waals surface area contributed by atoms with E-state index >= 15 is 0 Å². The third-order valence-electron chi connectivity index (χ3n) is 6.08. The van der Waals surface area contributed by atoms with Crippen LogP contribution in [-0.4, -0.2) is 44.8 Å². The van der Waals surface area contributed by atoms with Crippen LogP contribution in [0.2, 0.25) is 0 Å². The number of nitrogens with zero attached hydrogens (tertiary/aromatic N) is 1. The molecule has 7 nitrogen and oxygen atoms in total. The zero-order valence-corrected chi connectivity index (χ0v) is 20.6. The van der Waals surface area contributed by atoms with Crippen LogP contribution in [-0.2, 0) is 34.0 Å². The summed E-state index contributed by atoms with van der Waals surface area (Å²) in [6.45, 7) is 6.34. The number of nitrogens with one attached hydrogen (secondary N) is 2. The number of hydrogen-bond acceptors (Lipinski definition) is 4. The quantitative estimate of drug-likeness (QED) is 0.527. The first kappa shape index (κ1) is 27.4. The van der Waals surface area contributed by atoms with Crippen molar-refractivity contribution in [1.29, 1.82) is 0 Å². The Morgan fingerprint density at radius 3 is 2.47 bits per heavy atom. The van der Waals surface area contributed by atoms with E-state index in [1.54, 1.807) is 30.0 Å². The van der Waals surface area contributed by atoms with Gasteiger partial charge in [-0.15, -0.1) is 0 Å². The second-order valence-corrected chi connectivity index (χ2v) is 10.5. The third-order valence-corrected chi connectivity index (χ3v) is 7.09. The lowest BCUT2D eigenvalue weighted by Gasteiger charge is -2.18. The molecule has 1 aliphatic heterocycles. The van der Waals surface area contributed by atoms with Crippen molar-refractivity contribution in [2.45, 2.75) is 32.5 Å². The van der Waals surface area contributed by atoms with Crippen molar-refractivity contribution in [3.05, 3.63) is 82.3 Å². The molecule has 0 aliphatic carbocycles. The normalized spacial score (nSPS) is 16.1. The van der Waals surface area contributed by atoms with Crippen LogP contribution in [0.4, 0.5) is 13.2 Å². The van der Waals surface area contributed by atoms with E-state index < -0.39 is 21.8 Å². The SMILES string of the molecule is C=CS(=O)(=O)NCC1CCN(C(=O)c2ccc(CC(=O)NCc3ccc(C(F)(F)F)cc3)c(C)c2)C1. The molecule has 1 aliphatic rings. The monoisotopic (exact) mass is 523 g/mol. The molecule has 3 rings (SSSR count). The first-order chi connectivity index (χ1) is 16.9. The Kier molecular flexibility index (Phi) is 8.57. The lowest BCUT2D eigenvalue weighted by atomic mass is 10.0. The maximum absolute atomic E-state index is 12.9. The van der Waals surface area contributed by atoms with Crippen LogP contribution >= 0.6 is 0 Å². The predicted octanol–water partition coefficient (Wildman–Crippen LogP) is 3.40.